The number of rotatable bonds is 5. The summed E-state index contributed by atoms with van der Waals surface area (Å²) >= 11 is 1.57. The number of fused-ring (bicyclic) bond motifs is 1. The second-order valence-electron chi connectivity index (χ2n) is 5.20. The van der Waals surface area contributed by atoms with Gasteiger partial charge in [0.2, 0.25) is 5.91 Å². The smallest absolute Gasteiger partial charge is 0.245 e. The fourth-order valence-electron chi connectivity index (χ4n) is 2.60. The molecular weight excluding hydrogens is 324 g/mol. The summed E-state index contributed by atoms with van der Waals surface area (Å²) in [6, 6.07) is 15.3. The maximum atomic E-state index is 11.7. The second-order valence-corrected chi connectivity index (χ2v) is 6.21. The highest BCUT2D eigenvalue weighted by molar-refractivity contribution is 8.01. The number of carbonyl (C=O) groups excluding carboxylic acids is 1. The minimum atomic E-state index is -0.420. The summed E-state index contributed by atoms with van der Waals surface area (Å²) < 4.78 is 7.45. The van der Waals surface area contributed by atoms with E-state index in [-0.39, 0.29) is 19.1 Å². The van der Waals surface area contributed by atoms with Crippen molar-refractivity contribution in [3.05, 3.63) is 54.1 Å². The molecule has 0 aromatic heterocycles. The molecule has 122 valence electrons. The van der Waals surface area contributed by atoms with Crippen LogP contribution in [0.2, 0.25) is 0 Å². The summed E-state index contributed by atoms with van der Waals surface area (Å²) in [6.07, 6.45) is 5.35. The molecule has 2 N–H and O–H groups in total. The van der Waals surface area contributed by atoms with E-state index in [1.807, 2.05) is 48.5 Å². The Morgan fingerprint density at radius 3 is 2.75 bits per heavy atom. The number of amides is 1. The Labute approximate surface area is 144 Å². The highest BCUT2D eigenvalue weighted by Crippen LogP contribution is 2.48. The molecule has 0 spiro atoms. The SMILES string of the molecule is C#CCOc1ccc(N2Sc3ccccc3C2CC(=O)NO)cc1. The van der Waals surface area contributed by atoms with Crippen molar-refractivity contribution < 1.29 is 14.7 Å². The van der Waals surface area contributed by atoms with Crippen molar-refractivity contribution in [3.8, 4) is 18.1 Å². The van der Waals surface area contributed by atoms with Crippen LogP contribution >= 0.6 is 11.9 Å². The number of nitrogens with one attached hydrogen (secondary N) is 1. The van der Waals surface area contributed by atoms with E-state index in [0.717, 1.165) is 16.1 Å². The van der Waals surface area contributed by atoms with Gasteiger partial charge in [0.15, 0.2) is 0 Å². The highest BCUT2D eigenvalue weighted by Gasteiger charge is 2.33. The van der Waals surface area contributed by atoms with Crippen molar-refractivity contribution in [3.63, 3.8) is 0 Å². The van der Waals surface area contributed by atoms with Gasteiger partial charge >= 0.3 is 0 Å². The molecule has 0 saturated heterocycles. The van der Waals surface area contributed by atoms with Gasteiger partial charge in [-0.1, -0.05) is 24.1 Å². The zero-order valence-corrected chi connectivity index (χ0v) is 13.6. The van der Waals surface area contributed by atoms with Gasteiger partial charge in [0.25, 0.3) is 0 Å². The van der Waals surface area contributed by atoms with Crippen molar-refractivity contribution in [2.24, 2.45) is 0 Å². The normalized spacial score (nSPS) is 15.5. The Bertz CT molecular complexity index is 771. The molecule has 0 aliphatic carbocycles. The first-order chi connectivity index (χ1) is 11.7. The molecule has 1 atom stereocenters. The first kappa shape index (κ1) is 16.2. The van der Waals surface area contributed by atoms with Gasteiger partial charge in [-0.3, -0.25) is 10.0 Å². The molecule has 0 fully saturated rings. The molecule has 6 heteroatoms. The Balaban J connectivity index is 1.86. The summed E-state index contributed by atoms with van der Waals surface area (Å²) in [7, 11) is 0. The third-order valence-electron chi connectivity index (χ3n) is 3.67. The average Bonchev–Trinajstić information content (AvgIpc) is 2.99. The lowest BCUT2D eigenvalue weighted by atomic mass is 10.0. The number of anilines is 1. The highest BCUT2D eigenvalue weighted by atomic mass is 32.2. The molecule has 2 aromatic rings. The van der Waals surface area contributed by atoms with Crippen molar-refractivity contribution in [1.82, 2.24) is 5.48 Å². The molecule has 1 heterocycles. The Morgan fingerprint density at radius 1 is 1.29 bits per heavy atom. The molecule has 3 rings (SSSR count). The van der Waals surface area contributed by atoms with Crippen molar-refractivity contribution in [2.45, 2.75) is 17.4 Å². The molecule has 2 aromatic carbocycles. The van der Waals surface area contributed by atoms with Crippen LogP contribution in [0.25, 0.3) is 0 Å². The van der Waals surface area contributed by atoms with Crippen molar-refractivity contribution >= 4 is 23.5 Å². The quantitative estimate of drug-likeness (QED) is 0.379. The first-order valence-electron chi connectivity index (χ1n) is 7.38. The molecule has 0 radical (unpaired) electrons. The van der Waals surface area contributed by atoms with E-state index < -0.39 is 5.91 Å². The van der Waals surface area contributed by atoms with E-state index in [1.165, 1.54) is 0 Å². The number of terminal acetylenes is 1. The predicted octanol–water partition coefficient (Wildman–Crippen LogP) is 3.16. The van der Waals surface area contributed by atoms with Crippen LogP contribution in [0.3, 0.4) is 0 Å². The van der Waals surface area contributed by atoms with Gasteiger partial charge in [-0.2, -0.15) is 0 Å². The van der Waals surface area contributed by atoms with E-state index in [0.29, 0.717) is 5.75 Å². The van der Waals surface area contributed by atoms with Gasteiger partial charge in [-0.15, -0.1) is 6.42 Å². The lowest BCUT2D eigenvalue weighted by Gasteiger charge is -2.25. The summed E-state index contributed by atoms with van der Waals surface area (Å²) in [5.41, 5.74) is 3.73. The van der Waals surface area contributed by atoms with Gasteiger partial charge in [-0.05, 0) is 47.8 Å². The van der Waals surface area contributed by atoms with E-state index in [1.54, 1.807) is 17.4 Å². The van der Waals surface area contributed by atoms with Gasteiger partial charge in [-0.25, -0.2) is 5.48 Å². The molecule has 24 heavy (non-hydrogen) atoms. The van der Waals surface area contributed by atoms with Crippen LogP contribution in [0.15, 0.2) is 53.4 Å². The maximum Gasteiger partial charge on any atom is 0.245 e. The number of ether oxygens (including phenoxy) is 1. The van der Waals surface area contributed by atoms with Crippen LogP contribution in [0.4, 0.5) is 5.69 Å². The minimum Gasteiger partial charge on any atom is -0.481 e. The third-order valence-corrected chi connectivity index (χ3v) is 4.91. The Hall–Kier alpha value is -2.62. The summed E-state index contributed by atoms with van der Waals surface area (Å²) in [5, 5.41) is 8.86. The average molecular weight is 340 g/mol. The summed E-state index contributed by atoms with van der Waals surface area (Å²) in [6.45, 7) is 0.225. The van der Waals surface area contributed by atoms with Crippen LogP contribution in [-0.2, 0) is 4.79 Å². The minimum absolute atomic E-state index is 0.157. The first-order valence-corrected chi connectivity index (χ1v) is 8.15. The fraction of sp³-hybridized carbons (Fsp3) is 0.167. The van der Waals surface area contributed by atoms with Gasteiger partial charge in [0.1, 0.15) is 12.4 Å². The zero-order chi connectivity index (χ0) is 16.9. The summed E-state index contributed by atoms with van der Waals surface area (Å²) in [5.74, 6) is 2.71. The van der Waals surface area contributed by atoms with Gasteiger partial charge in [0, 0.05) is 10.6 Å². The van der Waals surface area contributed by atoms with E-state index in [4.69, 9.17) is 16.4 Å². The summed E-state index contributed by atoms with van der Waals surface area (Å²) in [4.78, 5) is 12.8. The standard InChI is InChI=1S/C18H16N2O3S/c1-2-11-23-14-9-7-13(8-10-14)20-16(12-18(21)19-22)15-5-3-4-6-17(15)24-20/h1,3-10,16,22H,11-12H2,(H,19,21). The molecule has 1 aliphatic heterocycles. The number of hydrogen-bond donors (Lipinski definition) is 2. The third kappa shape index (κ3) is 3.32. The zero-order valence-electron chi connectivity index (χ0n) is 12.8. The van der Waals surface area contributed by atoms with Crippen LogP contribution in [0.5, 0.6) is 5.75 Å². The maximum absolute atomic E-state index is 11.7. The van der Waals surface area contributed by atoms with E-state index in [9.17, 15) is 4.79 Å². The second kappa shape index (κ2) is 7.30. The fourth-order valence-corrected chi connectivity index (χ4v) is 3.80. The van der Waals surface area contributed by atoms with Crippen LogP contribution in [0, 0.1) is 12.3 Å². The van der Waals surface area contributed by atoms with Crippen molar-refractivity contribution in [2.75, 3.05) is 10.9 Å². The number of nitrogens with zero attached hydrogens (tertiary/aromatic N) is 1. The molecule has 5 nitrogen and oxygen atoms in total. The topological polar surface area (TPSA) is 61.8 Å². The predicted molar refractivity (Wildman–Crippen MR) is 92.8 cm³/mol. The van der Waals surface area contributed by atoms with E-state index >= 15 is 0 Å². The molecule has 1 amide bonds. The van der Waals surface area contributed by atoms with Gasteiger partial charge in [0.05, 0.1) is 12.5 Å². The van der Waals surface area contributed by atoms with Crippen LogP contribution < -0.4 is 14.5 Å². The molecule has 0 bridgehead atoms. The Morgan fingerprint density at radius 2 is 2.04 bits per heavy atom. The number of carbonyl (C=O) groups is 1. The number of hydrogen-bond acceptors (Lipinski definition) is 5. The molecule has 1 unspecified atom stereocenters. The van der Waals surface area contributed by atoms with Crippen LogP contribution in [-0.4, -0.2) is 17.7 Å². The van der Waals surface area contributed by atoms with Gasteiger partial charge < -0.3 is 9.04 Å². The lowest BCUT2D eigenvalue weighted by Crippen LogP contribution is -2.26. The molecule has 1 aliphatic rings. The monoisotopic (exact) mass is 340 g/mol. The number of hydroxylamine groups is 1. The van der Waals surface area contributed by atoms with E-state index in [2.05, 4.69) is 10.2 Å². The molecular formula is C18H16N2O3S. The largest absolute Gasteiger partial charge is 0.481 e. The van der Waals surface area contributed by atoms with Crippen molar-refractivity contribution in [1.29, 1.82) is 0 Å². The molecule has 0 saturated carbocycles. The van der Waals surface area contributed by atoms with Crippen LogP contribution in [0.1, 0.15) is 18.0 Å². The lowest BCUT2D eigenvalue weighted by molar-refractivity contribution is -0.129. The Kier molecular flexibility index (Phi) is 4.94. The number of benzene rings is 2.